The second-order valence-electron chi connectivity index (χ2n) is 5.29. The van der Waals surface area contributed by atoms with Crippen molar-refractivity contribution in [2.75, 3.05) is 26.2 Å². The minimum absolute atomic E-state index is 0.949. The molecule has 3 heteroatoms. The fourth-order valence-electron chi connectivity index (χ4n) is 2.79. The second kappa shape index (κ2) is 7.45. The van der Waals surface area contributed by atoms with E-state index >= 15 is 0 Å². The minimum Gasteiger partial charge on any atom is -0.357 e. The van der Waals surface area contributed by atoms with Crippen molar-refractivity contribution in [2.24, 2.45) is 4.99 Å². The van der Waals surface area contributed by atoms with E-state index in [1.54, 1.807) is 5.57 Å². The van der Waals surface area contributed by atoms with Crippen molar-refractivity contribution in [3.05, 3.63) is 11.6 Å². The number of aliphatic imine (C=N–C) groups is 1. The summed E-state index contributed by atoms with van der Waals surface area (Å²) < 4.78 is 0. The fourth-order valence-corrected chi connectivity index (χ4v) is 2.79. The van der Waals surface area contributed by atoms with E-state index in [9.17, 15) is 0 Å². The number of likely N-dealkylation sites (tertiary alicyclic amines) is 1. The zero-order valence-corrected chi connectivity index (χ0v) is 11.7. The predicted molar refractivity (Wildman–Crippen MR) is 78.0 cm³/mol. The van der Waals surface area contributed by atoms with Crippen LogP contribution in [-0.4, -0.2) is 37.0 Å². The van der Waals surface area contributed by atoms with Crippen LogP contribution in [-0.2, 0) is 0 Å². The van der Waals surface area contributed by atoms with Crippen LogP contribution in [0.4, 0.5) is 0 Å². The lowest BCUT2D eigenvalue weighted by molar-refractivity contribution is 0.493. The molecule has 1 aliphatic carbocycles. The molecule has 0 aromatic carbocycles. The topological polar surface area (TPSA) is 27.6 Å². The Labute approximate surface area is 111 Å². The molecule has 18 heavy (non-hydrogen) atoms. The molecular formula is C15H27N3. The van der Waals surface area contributed by atoms with Gasteiger partial charge in [-0.2, -0.15) is 0 Å². The molecule has 2 aliphatic rings. The molecule has 1 heterocycles. The van der Waals surface area contributed by atoms with Crippen LogP contribution in [0.3, 0.4) is 0 Å². The quantitative estimate of drug-likeness (QED) is 0.471. The van der Waals surface area contributed by atoms with Gasteiger partial charge >= 0.3 is 0 Å². The van der Waals surface area contributed by atoms with Gasteiger partial charge in [0.15, 0.2) is 5.96 Å². The molecule has 0 unspecified atom stereocenters. The maximum Gasteiger partial charge on any atom is 0.193 e. The number of hydrogen-bond acceptors (Lipinski definition) is 1. The molecule has 1 N–H and O–H groups in total. The van der Waals surface area contributed by atoms with E-state index in [0.717, 1.165) is 25.5 Å². The first-order valence-electron chi connectivity index (χ1n) is 7.61. The minimum atomic E-state index is 0.949. The second-order valence-corrected chi connectivity index (χ2v) is 5.29. The first kappa shape index (κ1) is 13.4. The van der Waals surface area contributed by atoms with Gasteiger partial charge in [0.1, 0.15) is 0 Å². The first-order valence-corrected chi connectivity index (χ1v) is 7.61. The third-order valence-corrected chi connectivity index (χ3v) is 3.82. The Hall–Kier alpha value is -0.990. The summed E-state index contributed by atoms with van der Waals surface area (Å²) in [6, 6.07) is 0. The molecule has 0 aromatic heterocycles. The maximum absolute atomic E-state index is 4.78. The van der Waals surface area contributed by atoms with E-state index < -0.39 is 0 Å². The summed E-state index contributed by atoms with van der Waals surface area (Å²) in [4.78, 5) is 7.18. The van der Waals surface area contributed by atoms with E-state index in [2.05, 4.69) is 23.2 Å². The number of guanidine groups is 1. The number of hydrogen-bond donors (Lipinski definition) is 1. The zero-order valence-electron chi connectivity index (χ0n) is 11.7. The smallest absolute Gasteiger partial charge is 0.193 e. The summed E-state index contributed by atoms with van der Waals surface area (Å²) in [7, 11) is 0. The Kier molecular flexibility index (Phi) is 5.56. The van der Waals surface area contributed by atoms with Crippen molar-refractivity contribution in [3.8, 4) is 0 Å². The van der Waals surface area contributed by atoms with Crippen LogP contribution in [0, 0.1) is 0 Å². The number of rotatable bonds is 4. The highest BCUT2D eigenvalue weighted by Crippen LogP contribution is 2.19. The SMILES string of the molecule is CCNC(=NCCC1=CCCCC1)N1CCCC1. The number of nitrogens with one attached hydrogen (secondary N) is 1. The van der Waals surface area contributed by atoms with E-state index in [4.69, 9.17) is 4.99 Å². The lowest BCUT2D eigenvalue weighted by Crippen LogP contribution is -2.39. The third-order valence-electron chi connectivity index (χ3n) is 3.82. The molecule has 102 valence electrons. The Bertz CT molecular complexity index is 301. The molecule has 0 aromatic rings. The largest absolute Gasteiger partial charge is 0.357 e. The zero-order chi connectivity index (χ0) is 12.6. The standard InChI is InChI=1S/C15H27N3/c1-2-16-15(18-12-6-7-13-18)17-11-10-14-8-4-3-5-9-14/h8H,2-7,9-13H2,1H3,(H,16,17). The summed E-state index contributed by atoms with van der Waals surface area (Å²) in [5.74, 6) is 1.13. The summed E-state index contributed by atoms with van der Waals surface area (Å²) in [6.07, 6.45) is 11.6. The van der Waals surface area contributed by atoms with E-state index in [-0.39, 0.29) is 0 Å². The Morgan fingerprint density at radius 1 is 1.28 bits per heavy atom. The summed E-state index contributed by atoms with van der Waals surface area (Å²) >= 11 is 0. The molecule has 1 aliphatic heterocycles. The van der Waals surface area contributed by atoms with Gasteiger partial charge in [-0.1, -0.05) is 11.6 Å². The van der Waals surface area contributed by atoms with Gasteiger partial charge in [0, 0.05) is 26.2 Å². The van der Waals surface area contributed by atoms with Crippen LogP contribution in [0.2, 0.25) is 0 Å². The average Bonchev–Trinajstić information content (AvgIpc) is 2.93. The molecule has 0 bridgehead atoms. The van der Waals surface area contributed by atoms with Crippen LogP contribution in [0.5, 0.6) is 0 Å². The van der Waals surface area contributed by atoms with Gasteiger partial charge in [-0.3, -0.25) is 4.99 Å². The molecule has 0 atom stereocenters. The molecule has 2 rings (SSSR count). The monoisotopic (exact) mass is 249 g/mol. The molecular weight excluding hydrogens is 222 g/mol. The van der Waals surface area contributed by atoms with Gasteiger partial charge in [0.2, 0.25) is 0 Å². The van der Waals surface area contributed by atoms with Crippen molar-refractivity contribution in [1.82, 2.24) is 10.2 Å². The van der Waals surface area contributed by atoms with Gasteiger partial charge < -0.3 is 10.2 Å². The van der Waals surface area contributed by atoms with E-state index in [1.807, 2.05) is 0 Å². The summed E-state index contributed by atoms with van der Waals surface area (Å²) in [5.41, 5.74) is 1.63. The van der Waals surface area contributed by atoms with Crippen molar-refractivity contribution < 1.29 is 0 Å². The van der Waals surface area contributed by atoms with Crippen LogP contribution in [0.15, 0.2) is 16.6 Å². The first-order chi connectivity index (χ1) is 8.90. The molecule has 0 saturated carbocycles. The number of nitrogens with zero attached hydrogens (tertiary/aromatic N) is 2. The Balaban J connectivity index is 1.81. The van der Waals surface area contributed by atoms with Crippen LogP contribution in [0.25, 0.3) is 0 Å². The van der Waals surface area contributed by atoms with Gasteiger partial charge in [-0.05, 0) is 51.9 Å². The highest BCUT2D eigenvalue weighted by molar-refractivity contribution is 5.80. The molecule has 1 saturated heterocycles. The fraction of sp³-hybridized carbons (Fsp3) is 0.800. The summed E-state index contributed by atoms with van der Waals surface area (Å²) in [6.45, 7) is 6.42. The highest BCUT2D eigenvalue weighted by Gasteiger charge is 2.15. The third kappa shape index (κ3) is 4.04. The van der Waals surface area contributed by atoms with Crippen LogP contribution >= 0.6 is 0 Å². The van der Waals surface area contributed by atoms with Crippen LogP contribution < -0.4 is 5.32 Å². The molecule has 1 fully saturated rings. The lowest BCUT2D eigenvalue weighted by atomic mass is 9.97. The number of allylic oxidation sites excluding steroid dienone is 1. The van der Waals surface area contributed by atoms with Gasteiger partial charge in [-0.25, -0.2) is 0 Å². The van der Waals surface area contributed by atoms with E-state index in [0.29, 0.717) is 0 Å². The predicted octanol–water partition coefficient (Wildman–Crippen LogP) is 2.94. The Morgan fingerprint density at radius 3 is 2.78 bits per heavy atom. The molecule has 3 nitrogen and oxygen atoms in total. The average molecular weight is 249 g/mol. The van der Waals surface area contributed by atoms with Gasteiger partial charge in [0.25, 0.3) is 0 Å². The van der Waals surface area contributed by atoms with Crippen molar-refractivity contribution in [3.63, 3.8) is 0 Å². The highest BCUT2D eigenvalue weighted by atomic mass is 15.3. The maximum atomic E-state index is 4.78. The van der Waals surface area contributed by atoms with E-state index in [1.165, 1.54) is 51.6 Å². The molecule has 0 radical (unpaired) electrons. The van der Waals surface area contributed by atoms with Crippen molar-refractivity contribution in [1.29, 1.82) is 0 Å². The van der Waals surface area contributed by atoms with Crippen molar-refractivity contribution >= 4 is 5.96 Å². The molecule has 0 amide bonds. The van der Waals surface area contributed by atoms with Crippen LogP contribution in [0.1, 0.15) is 51.9 Å². The summed E-state index contributed by atoms with van der Waals surface area (Å²) in [5, 5.41) is 3.42. The lowest BCUT2D eigenvalue weighted by Gasteiger charge is -2.21. The van der Waals surface area contributed by atoms with Gasteiger partial charge in [0.05, 0.1) is 0 Å². The Morgan fingerprint density at radius 2 is 2.11 bits per heavy atom. The molecule has 0 spiro atoms. The van der Waals surface area contributed by atoms with Gasteiger partial charge in [-0.15, -0.1) is 0 Å². The van der Waals surface area contributed by atoms with Crippen molar-refractivity contribution in [2.45, 2.75) is 51.9 Å². The normalized spacial score (nSPS) is 21.1.